The van der Waals surface area contributed by atoms with E-state index in [1.165, 1.54) is 18.5 Å². The molecule has 0 fully saturated rings. The number of aromatic amines is 1. The third-order valence-electron chi connectivity index (χ3n) is 2.52. The Labute approximate surface area is 102 Å². The Bertz CT molecular complexity index is 665. The average molecular weight is 243 g/mol. The molecule has 3 rings (SSSR count). The Kier molecular flexibility index (Phi) is 2.60. The minimum Gasteiger partial charge on any atom is -0.350 e. The molecule has 3 aromatic rings. The topological polar surface area (TPSA) is 66.5 Å². The molecule has 0 saturated carbocycles. The largest absolute Gasteiger partial charge is 0.350 e. The number of aromatic nitrogens is 4. The van der Waals surface area contributed by atoms with Crippen LogP contribution in [0.4, 0.5) is 10.3 Å². The van der Waals surface area contributed by atoms with Gasteiger partial charge in [-0.25, -0.2) is 19.3 Å². The van der Waals surface area contributed by atoms with Gasteiger partial charge in [0.15, 0.2) is 0 Å². The summed E-state index contributed by atoms with van der Waals surface area (Å²) in [5.41, 5.74) is 2.25. The molecule has 2 N–H and O–H groups in total. The van der Waals surface area contributed by atoms with Gasteiger partial charge in [-0.2, -0.15) is 0 Å². The summed E-state index contributed by atoms with van der Waals surface area (Å²) in [6.45, 7) is 0.533. The number of rotatable bonds is 3. The van der Waals surface area contributed by atoms with Crippen molar-refractivity contribution < 1.29 is 4.39 Å². The van der Waals surface area contributed by atoms with Crippen molar-refractivity contribution in [3.8, 4) is 0 Å². The van der Waals surface area contributed by atoms with Gasteiger partial charge in [0.25, 0.3) is 0 Å². The predicted molar refractivity (Wildman–Crippen MR) is 65.4 cm³/mol. The van der Waals surface area contributed by atoms with Gasteiger partial charge in [0, 0.05) is 6.20 Å². The maximum absolute atomic E-state index is 13.0. The van der Waals surface area contributed by atoms with Crippen molar-refractivity contribution in [3.05, 3.63) is 48.3 Å². The van der Waals surface area contributed by atoms with E-state index < -0.39 is 0 Å². The van der Waals surface area contributed by atoms with Crippen molar-refractivity contribution in [2.45, 2.75) is 6.54 Å². The van der Waals surface area contributed by atoms with E-state index in [0.717, 1.165) is 11.2 Å². The van der Waals surface area contributed by atoms with Gasteiger partial charge in [0.2, 0.25) is 5.95 Å². The summed E-state index contributed by atoms with van der Waals surface area (Å²) in [7, 11) is 0. The van der Waals surface area contributed by atoms with E-state index in [2.05, 4.69) is 25.3 Å². The lowest BCUT2D eigenvalue weighted by Crippen LogP contribution is -2.02. The Morgan fingerprint density at radius 2 is 2.22 bits per heavy atom. The Morgan fingerprint density at radius 3 is 3.06 bits per heavy atom. The molecule has 0 saturated heterocycles. The van der Waals surface area contributed by atoms with Crippen LogP contribution < -0.4 is 5.32 Å². The number of nitrogens with one attached hydrogen (secondary N) is 2. The summed E-state index contributed by atoms with van der Waals surface area (Å²) in [4.78, 5) is 15.2. The van der Waals surface area contributed by atoms with Gasteiger partial charge >= 0.3 is 0 Å². The smallest absolute Gasteiger partial charge is 0.201 e. The normalized spacial score (nSPS) is 10.7. The molecule has 5 nitrogen and oxygen atoms in total. The average Bonchev–Trinajstić information content (AvgIpc) is 2.79. The van der Waals surface area contributed by atoms with Crippen LogP contribution in [-0.2, 0) is 6.54 Å². The zero-order chi connectivity index (χ0) is 12.4. The lowest BCUT2D eigenvalue weighted by atomic mass is 10.3. The molecule has 0 aliphatic heterocycles. The van der Waals surface area contributed by atoms with Crippen molar-refractivity contribution in [1.82, 2.24) is 19.9 Å². The highest BCUT2D eigenvalue weighted by Gasteiger charge is 2.03. The lowest BCUT2D eigenvalue weighted by molar-refractivity contribution is 0.629. The Morgan fingerprint density at radius 1 is 1.28 bits per heavy atom. The molecule has 0 bridgehead atoms. The van der Waals surface area contributed by atoms with Crippen molar-refractivity contribution in [3.63, 3.8) is 0 Å². The number of hydrogen-bond donors (Lipinski definition) is 2. The number of fused-ring (bicyclic) bond motifs is 1. The van der Waals surface area contributed by atoms with Gasteiger partial charge in [0.1, 0.15) is 12.1 Å². The van der Waals surface area contributed by atoms with Gasteiger partial charge in [-0.15, -0.1) is 0 Å². The number of H-pyrrole nitrogens is 1. The third kappa shape index (κ3) is 2.13. The molecule has 2 aromatic heterocycles. The van der Waals surface area contributed by atoms with E-state index in [9.17, 15) is 4.39 Å². The quantitative estimate of drug-likeness (QED) is 0.739. The first-order valence-corrected chi connectivity index (χ1v) is 5.45. The van der Waals surface area contributed by atoms with Crippen LogP contribution in [0.2, 0.25) is 0 Å². The van der Waals surface area contributed by atoms with Gasteiger partial charge in [0.05, 0.1) is 23.3 Å². The zero-order valence-corrected chi connectivity index (χ0v) is 9.39. The number of anilines is 1. The molecule has 6 heteroatoms. The van der Waals surface area contributed by atoms with Crippen molar-refractivity contribution >= 4 is 17.0 Å². The summed E-state index contributed by atoms with van der Waals surface area (Å²) in [5.74, 6) is 0.308. The van der Waals surface area contributed by atoms with Crippen molar-refractivity contribution in [2.75, 3.05) is 5.32 Å². The van der Waals surface area contributed by atoms with Crippen molar-refractivity contribution in [2.24, 2.45) is 0 Å². The van der Waals surface area contributed by atoms with Crippen LogP contribution in [-0.4, -0.2) is 19.9 Å². The standard InChI is InChI=1S/C12H10FN5/c13-8-1-2-10-11(5-8)18-12(17-10)15-6-9-3-4-14-7-16-9/h1-5,7H,6H2,(H2,15,17,18). The molecule has 90 valence electrons. The molecular weight excluding hydrogens is 233 g/mol. The monoisotopic (exact) mass is 243 g/mol. The molecule has 2 heterocycles. The minimum absolute atomic E-state index is 0.284. The second kappa shape index (κ2) is 4.40. The lowest BCUT2D eigenvalue weighted by Gasteiger charge is -2.00. The first kappa shape index (κ1) is 10.6. The van der Waals surface area contributed by atoms with E-state index in [0.29, 0.717) is 18.0 Å². The first-order chi connectivity index (χ1) is 8.81. The van der Waals surface area contributed by atoms with Gasteiger partial charge in [-0.3, -0.25) is 0 Å². The van der Waals surface area contributed by atoms with Crippen LogP contribution in [0.5, 0.6) is 0 Å². The third-order valence-corrected chi connectivity index (χ3v) is 2.52. The minimum atomic E-state index is -0.284. The molecule has 18 heavy (non-hydrogen) atoms. The molecule has 0 spiro atoms. The summed E-state index contributed by atoms with van der Waals surface area (Å²) >= 11 is 0. The van der Waals surface area contributed by atoms with Crippen LogP contribution in [0.1, 0.15) is 5.69 Å². The molecular formula is C12H10FN5. The molecule has 1 aromatic carbocycles. The highest BCUT2D eigenvalue weighted by molar-refractivity contribution is 5.77. The predicted octanol–water partition coefficient (Wildman–Crippen LogP) is 2.10. The summed E-state index contributed by atoms with van der Waals surface area (Å²) < 4.78 is 13.0. The van der Waals surface area contributed by atoms with Gasteiger partial charge in [-0.05, 0) is 24.3 Å². The molecule has 0 atom stereocenters. The molecule has 0 aliphatic rings. The van der Waals surface area contributed by atoms with Crippen LogP contribution in [0.3, 0.4) is 0 Å². The van der Waals surface area contributed by atoms with E-state index in [1.54, 1.807) is 12.3 Å². The van der Waals surface area contributed by atoms with Crippen LogP contribution >= 0.6 is 0 Å². The maximum atomic E-state index is 13.0. The zero-order valence-electron chi connectivity index (χ0n) is 9.39. The fourth-order valence-corrected chi connectivity index (χ4v) is 1.66. The number of nitrogens with zero attached hydrogens (tertiary/aromatic N) is 3. The van der Waals surface area contributed by atoms with Crippen LogP contribution in [0.25, 0.3) is 11.0 Å². The summed E-state index contributed by atoms with van der Waals surface area (Å²) in [5, 5.41) is 3.09. The fraction of sp³-hybridized carbons (Fsp3) is 0.0833. The van der Waals surface area contributed by atoms with E-state index >= 15 is 0 Å². The van der Waals surface area contributed by atoms with E-state index in [-0.39, 0.29) is 5.82 Å². The Balaban J connectivity index is 1.79. The summed E-state index contributed by atoms with van der Waals surface area (Å²) in [6.07, 6.45) is 3.17. The van der Waals surface area contributed by atoms with Crippen LogP contribution in [0.15, 0.2) is 36.8 Å². The first-order valence-electron chi connectivity index (χ1n) is 5.45. The molecule has 0 aliphatic carbocycles. The highest BCUT2D eigenvalue weighted by Crippen LogP contribution is 2.15. The van der Waals surface area contributed by atoms with Crippen molar-refractivity contribution in [1.29, 1.82) is 0 Å². The molecule has 0 amide bonds. The number of benzene rings is 1. The second-order valence-corrected chi connectivity index (χ2v) is 3.80. The molecule has 0 unspecified atom stereocenters. The number of hydrogen-bond acceptors (Lipinski definition) is 4. The number of halogens is 1. The maximum Gasteiger partial charge on any atom is 0.201 e. The number of imidazole rings is 1. The van der Waals surface area contributed by atoms with Gasteiger partial charge in [-0.1, -0.05) is 0 Å². The van der Waals surface area contributed by atoms with Crippen LogP contribution in [0, 0.1) is 5.82 Å². The van der Waals surface area contributed by atoms with Gasteiger partial charge < -0.3 is 10.3 Å². The second-order valence-electron chi connectivity index (χ2n) is 3.80. The van der Waals surface area contributed by atoms with E-state index in [1.807, 2.05) is 6.07 Å². The SMILES string of the molecule is Fc1ccc2nc(NCc3ccncn3)[nH]c2c1. The Hall–Kier alpha value is -2.50. The highest BCUT2D eigenvalue weighted by atomic mass is 19.1. The molecule has 0 radical (unpaired) electrons. The van der Waals surface area contributed by atoms with E-state index in [4.69, 9.17) is 0 Å². The summed E-state index contributed by atoms with van der Waals surface area (Å²) in [6, 6.07) is 6.25. The fourth-order valence-electron chi connectivity index (χ4n) is 1.66.